The molecular weight excluding hydrogens is 479 g/mol. The second-order valence-corrected chi connectivity index (χ2v) is 7.95. The highest BCUT2D eigenvalue weighted by Crippen LogP contribution is 2.31. The fraction of sp³-hybridized carbons (Fsp3) is 0.292. The molecule has 188 valence electrons. The van der Waals surface area contributed by atoms with Crippen molar-refractivity contribution in [2.45, 2.75) is 12.8 Å². The number of Topliss-reactive ketones (excluding diaryl/α,β-unsaturated/α-hetero) is 1. The third kappa shape index (κ3) is 7.06. The molecule has 0 unspecified atom stereocenters. The summed E-state index contributed by atoms with van der Waals surface area (Å²) in [7, 11) is 0. The third-order valence-corrected chi connectivity index (χ3v) is 5.29. The molecule has 9 nitrogen and oxygen atoms in total. The number of anilines is 1. The number of nitrogens with one attached hydrogen (secondary N) is 1. The Hall–Kier alpha value is -3.90. The van der Waals surface area contributed by atoms with Crippen molar-refractivity contribution < 1.29 is 32.2 Å². The molecule has 1 amide bonds. The van der Waals surface area contributed by atoms with E-state index in [0.717, 1.165) is 17.7 Å². The molecule has 1 aliphatic rings. The molecule has 0 bridgehead atoms. The van der Waals surface area contributed by atoms with Gasteiger partial charge in [0, 0.05) is 36.6 Å². The Bertz CT molecular complexity index is 1200. The van der Waals surface area contributed by atoms with Crippen LogP contribution in [0.15, 0.2) is 54.9 Å². The lowest BCUT2D eigenvalue weighted by molar-refractivity contribution is -0.274. The summed E-state index contributed by atoms with van der Waals surface area (Å²) in [6.45, 7) is 1.94. The zero-order valence-electron chi connectivity index (χ0n) is 19.0. The molecule has 36 heavy (non-hydrogen) atoms. The predicted octanol–water partition coefficient (Wildman–Crippen LogP) is 3.13. The van der Waals surface area contributed by atoms with Gasteiger partial charge in [0.2, 0.25) is 5.91 Å². The molecule has 12 heteroatoms. The minimum atomic E-state index is -4.97. The minimum absolute atomic E-state index is 0.0358. The van der Waals surface area contributed by atoms with Crippen molar-refractivity contribution in [1.82, 2.24) is 20.1 Å². The number of morpholine rings is 1. The predicted molar refractivity (Wildman–Crippen MR) is 122 cm³/mol. The maximum absolute atomic E-state index is 12.9. The van der Waals surface area contributed by atoms with E-state index in [1.807, 2.05) is 11.0 Å². The SMILES string of the molecule is O=C(CN1CCOCC1)Nc1cc(C(=O)Cc2ccc(-c3cccnc3)nn2)ccc1OC(F)(F)F. The monoisotopic (exact) mass is 501 g/mol. The highest BCUT2D eigenvalue weighted by atomic mass is 19.4. The molecule has 2 aromatic heterocycles. The van der Waals surface area contributed by atoms with Crippen molar-refractivity contribution in [3.05, 3.63) is 66.1 Å². The summed E-state index contributed by atoms with van der Waals surface area (Å²) in [6, 6.07) is 10.3. The number of pyridine rings is 1. The van der Waals surface area contributed by atoms with E-state index in [1.54, 1.807) is 30.6 Å². The Kier molecular flexibility index (Phi) is 7.86. The average Bonchev–Trinajstić information content (AvgIpc) is 2.86. The van der Waals surface area contributed by atoms with Crippen molar-refractivity contribution in [2.24, 2.45) is 0 Å². The Balaban J connectivity index is 1.48. The van der Waals surface area contributed by atoms with Crippen LogP contribution in [0.4, 0.5) is 18.9 Å². The van der Waals surface area contributed by atoms with Crippen LogP contribution in [0.3, 0.4) is 0 Å². The number of ether oxygens (including phenoxy) is 2. The maximum atomic E-state index is 12.9. The molecule has 0 radical (unpaired) electrons. The van der Waals surface area contributed by atoms with Crippen LogP contribution in [-0.4, -0.2) is 71.0 Å². The molecule has 3 heterocycles. The normalized spacial score (nSPS) is 14.3. The summed E-state index contributed by atoms with van der Waals surface area (Å²) >= 11 is 0. The van der Waals surface area contributed by atoms with Crippen LogP contribution in [0.5, 0.6) is 5.75 Å². The quantitative estimate of drug-likeness (QED) is 0.470. The lowest BCUT2D eigenvalue weighted by Crippen LogP contribution is -2.41. The van der Waals surface area contributed by atoms with Crippen LogP contribution < -0.4 is 10.1 Å². The van der Waals surface area contributed by atoms with Crippen LogP contribution in [-0.2, 0) is 16.0 Å². The van der Waals surface area contributed by atoms with Gasteiger partial charge in [-0.1, -0.05) is 0 Å². The van der Waals surface area contributed by atoms with Gasteiger partial charge in [-0.05, 0) is 42.5 Å². The van der Waals surface area contributed by atoms with E-state index in [4.69, 9.17) is 4.74 Å². The summed E-state index contributed by atoms with van der Waals surface area (Å²) in [5, 5.41) is 10.6. The van der Waals surface area contributed by atoms with Gasteiger partial charge in [0.05, 0.1) is 43.3 Å². The van der Waals surface area contributed by atoms with Crippen molar-refractivity contribution >= 4 is 17.4 Å². The van der Waals surface area contributed by atoms with Gasteiger partial charge >= 0.3 is 6.36 Å². The molecule has 1 saturated heterocycles. The summed E-state index contributed by atoms with van der Waals surface area (Å²) < 4.78 is 47.9. The fourth-order valence-corrected chi connectivity index (χ4v) is 3.56. The first-order valence-corrected chi connectivity index (χ1v) is 11.0. The van der Waals surface area contributed by atoms with Crippen molar-refractivity contribution in [3.63, 3.8) is 0 Å². The summed E-state index contributed by atoms with van der Waals surface area (Å²) in [6.07, 6.45) is -1.84. The van der Waals surface area contributed by atoms with E-state index >= 15 is 0 Å². The first-order chi connectivity index (χ1) is 17.3. The lowest BCUT2D eigenvalue weighted by Gasteiger charge is -2.26. The number of nitrogens with zero attached hydrogens (tertiary/aromatic N) is 4. The van der Waals surface area contributed by atoms with Gasteiger partial charge in [0.15, 0.2) is 11.5 Å². The second kappa shape index (κ2) is 11.2. The largest absolute Gasteiger partial charge is 0.573 e. The molecule has 0 atom stereocenters. The average molecular weight is 501 g/mol. The van der Waals surface area contributed by atoms with Gasteiger partial charge in [-0.25, -0.2) is 0 Å². The zero-order chi connectivity index (χ0) is 25.5. The molecule has 0 spiro atoms. The molecule has 0 saturated carbocycles. The Morgan fingerprint density at radius 1 is 1.08 bits per heavy atom. The molecule has 4 rings (SSSR count). The fourth-order valence-electron chi connectivity index (χ4n) is 3.56. The van der Waals surface area contributed by atoms with Crippen LogP contribution in [0.2, 0.25) is 0 Å². The van der Waals surface area contributed by atoms with Gasteiger partial charge in [-0.2, -0.15) is 10.2 Å². The number of amides is 1. The third-order valence-electron chi connectivity index (χ3n) is 5.29. The van der Waals surface area contributed by atoms with Crippen LogP contribution in [0, 0.1) is 0 Å². The topological polar surface area (TPSA) is 107 Å². The maximum Gasteiger partial charge on any atom is 0.573 e. The van der Waals surface area contributed by atoms with E-state index in [0.29, 0.717) is 37.7 Å². The number of carbonyl (C=O) groups is 2. The summed E-state index contributed by atoms with van der Waals surface area (Å²) in [5.41, 5.74) is 1.55. The molecule has 1 fully saturated rings. The number of hydrogen-bond donors (Lipinski definition) is 1. The number of ketones is 1. The number of hydrogen-bond acceptors (Lipinski definition) is 8. The van der Waals surface area contributed by atoms with E-state index in [2.05, 4.69) is 25.2 Å². The Morgan fingerprint density at radius 3 is 2.56 bits per heavy atom. The summed E-state index contributed by atoms with van der Waals surface area (Å²) in [4.78, 5) is 31.2. The molecular formula is C24H22F3N5O4. The van der Waals surface area contributed by atoms with Crippen molar-refractivity contribution in [2.75, 3.05) is 38.2 Å². The van der Waals surface area contributed by atoms with Gasteiger partial charge in [-0.15, -0.1) is 13.2 Å². The number of carbonyl (C=O) groups excluding carboxylic acids is 2. The highest BCUT2D eigenvalue weighted by Gasteiger charge is 2.32. The van der Waals surface area contributed by atoms with E-state index in [1.165, 1.54) is 6.07 Å². The van der Waals surface area contributed by atoms with Crippen molar-refractivity contribution in [3.8, 4) is 17.0 Å². The number of aromatic nitrogens is 3. The van der Waals surface area contributed by atoms with Gasteiger partial charge in [-0.3, -0.25) is 19.5 Å². The number of alkyl halides is 3. The van der Waals surface area contributed by atoms with E-state index in [-0.39, 0.29) is 24.2 Å². The zero-order valence-corrected chi connectivity index (χ0v) is 19.0. The minimum Gasteiger partial charge on any atom is -0.404 e. The number of benzene rings is 1. The second-order valence-electron chi connectivity index (χ2n) is 7.95. The first-order valence-electron chi connectivity index (χ1n) is 11.0. The molecule has 1 aliphatic heterocycles. The lowest BCUT2D eigenvalue weighted by atomic mass is 10.0. The highest BCUT2D eigenvalue weighted by molar-refractivity contribution is 6.00. The van der Waals surface area contributed by atoms with E-state index < -0.39 is 23.8 Å². The smallest absolute Gasteiger partial charge is 0.404 e. The van der Waals surface area contributed by atoms with Crippen molar-refractivity contribution in [1.29, 1.82) is 0 Å². The van der Waals surface area contributed by atoms with Crippen LogP contribution >= 0.6 is 0 Å². The first kappa shape index (κ1) is 25.2. The Labute approximate surface area is 204 Å². The number of halogens is 3. The molecule has 0 aliphatic carbocycles. The van der Waals surface area contributed by atoms with Gasteiger partial charge in [0.25, 0.3) is 0 Å². The van der Waals surface area contributed by atoms with Gasteiger partial charge in [0.1, 0.15) is 0 Å². The van der Waals surface area contributed by atoms with E-state index in [9.17, 15) is 22.8 Å². The van der Waals surface area contributed by atoms with Gasteiger partial charge < -0.3 is 14.8 Å². The summed E-state index contributed by atoms with van der Waals surface area (Å²) in [5.74, 6) is -1.57. The van der Waals surface area contributed by atoms with Crippen LogP contribution in [0.25, 0.3) is 11.3 Å². The molecule has 1 aromatic carbocycles. The van der Waals surface area contributed by atoms with Crippen LogP contribution in [0.1, 0.15) is 16.1 Å². The molecule has 3 aromatic rings. The Morgan fingerprint density at radius 2 is 1.89 bits per heavy atom. The molecule has 1 N–H and O–H groups in total. The standard InChI is InChI=1S/C24H22F3N5O4/c25-24(26,27)36-22-6-3-16(12-20(22)29-23(34)15-32-8-10-35-11-9-32)21(33)13-18-4-5-19(31-30-18)17-2-1-7-28-14-17/h1-7,12,14H,8-11,13,15H2,(H,29,34). The number of rotatable bonds is 8.